The van der Waals surface area contributed by atoms with Gasteiger partial charge in [-0.3, -0.25) is 4.79 Å². The van der Waals surface area contributed by atoms with Crippen LogP contribution in [0, 0.1) is 0 Å². The number of nitrogens with zero attached hydrogens (tertiary/aromatic N) is 4. The van der Waals surface area contributed by atoms with Crippen molar-refractivity contribution in [1.29, 1.82) is 0 Å². The van der Waals surface area contributed by atoms with Crippen LogP contribution in [0.3, 0.4) is 0 Å². The van der Waals surface area contributed by atoms with Crippen LogP contribution in [0.5, 0.6) is 0 Å². The molecule has 5 rings (SSSR count). The van der Waals surface area contributed by atoms with Gasteiger partial charge in [-0.05, 0) is 55.3 Å². The normalized spacial score (nSPS) is 17.5. The van der Waals surface area contributed by atoms with Crippen molar-refractivity contribution in [3.8, 4) is 11.4 Å². The molecule has 0 radical (unpaired) electrons. The predicted octanol–water partition coefficient (Wildman–Crippen LogP) is 3.96. The van der Waals surface area contributed by atoms with Crippen molar-refractivity contribution in [1.82, 2.24) is 15.0 Å². The van der Waals surface area contributed by atoms with Crippen molar-refractivity contribution in [3.05, 3.63) is 60.4 Å². The minimum atomic E-state index is 0.0146. The van der Waals surface area contributed by atoms with Crippen molar-refractivity contribution in [2.75, 3.05) is 31.1 Å². The molecule has 0 N–H and O–H groups in total. The summed E-state index contributed by atoms with van der Waals surface area (Å²) in [5, 5.41) is 4.14. The molecule has 0 atom stereocenters. The average Bonchev–Trinajstić information content (AvgIpc) is 3.44. The van der Waals surface area contributed by atoms with Crippen LogP contribution in [-0.2, 0) is 4.79 Å². The van der Waals surface area contributed by atoms with Crippen LogP contribution in [0.4, 0.5) is 5.69 Å². The Bertz CT molecular complexity index is 1010. The van der Waals surface area contributed by atoms with E-state index in [1.54, 1.807) is 24.5 Å². The van der Waals surface area contributed by atoms with Crippen LogP contribution in [-0.4, -0.2) is 47.1 Å². The SMILES string of the molecule is O=C(C=Cc1ccco1)N1CCN(c2ccc(-c3noc(C4CCC4)n3)cc2)CC1. The van der Waals surface area contributed by atoms with Gasteiger partial charge in [-0.2, -0.15) is 4.98 Å². The van der Waals surface area contributed by atoms with Gasteiger partial charge in [0.25, 0.3) is 0 Å². The summed E-state index contributed by atoms with van der Waals surface area (Å²) in [5.41, 5.74) is 2.10. The summed E-state index contributed by atoms with van der Waals surface area (Å²) in [5.74, 6) is 2.56. The first-order chi connectivity index (χ1) is 14.8. The number of piperazine rings is 1. The molecule has 0 bridgehead atoms. The molecule has 7 heteroatoms. The Morgan fingerprint density at radius 2 is 1.87 bits per heavy atom. The number of hydrogen-bond acceptors (Lipinski definition) is 6. The van der Waals surface area contributed by atoms with E-state index in [-0.39, 0.29) is 5.91 Å². The first kappa shape index (κ1) is 18.7. The van der Waals surface area contributed by atoms with E-state index in [9.17, 15) is 4.79 Å². The smallest absolute Gasteiger partial charge is 0.246 e. The third kappa shape index (κ3) is 3.87. The second-order valence-corrected chi connectivity index (χ2v) is 7.79. The van der Waals surface area contributed by atoms with Gasteiger partial charge in [0.1, 0.15) is 5.76 Å². The second-order valence-electron chi connectivity index (χ2n) is 7.79. The molecule has 154 valence electrons. The van der Waals surface area contributed by atoms with Crippen LogP contribution in [0.2, 0.25) is 0 Å². The van der Waals surface area contributed by atoms with Gasteiger partial charge in [-0.1, -0.05) is 11.6 Å². The zero-order valence-electron chi connectivity index (χ0n) is 16.7. The summed E-state index contributed by atoms with van der Waals surface area (Å²) < 4.78 is 10.7. The van der Waals surface area contributed by atoms with Crippen LogP contribution in [0.1, 0.15) is 36.8 Å². The molecule has 1 saturated heterocycles. The van der Waals surface area contributed by atoms with Gasteiger partial charge in [0, 0.05) is 49.4 Å². The third-order valence-electron chi connectivity index (χ3n) is 5.91. The molecule has 0 unspecified atom stereocenters. The highest BCUT2D eigenvalue weighted by molar-refractivity contribution is 5.91. The summed E-state index contributed by atoms with van der Waals surface area (Å²) in [6, 6.07) is 11.9. The molecule has 1 aromatic carbocycles. The van der Waals surface area contributed by atoms with Gasteiger partial charge in [-0.15, -0.1) is 0 Å². The number of amides is 1. The lowest BCUT2D eigenvalue weighted by atomic mass is 9.85. The Kier molecular flexibility index (Phi) is 5.09. The number of benzene rings is 1. The monoisotopic (exact) mass is 404 g/mol. The maximum absolute atomic E-state index is 12.4. The van der Waals surface area contributed by atoms with Gasteiger partial charge in [0.05, 0.1) is 6.26 Å². The fourth-order valence-electron chi connectivity index (χ4n) is 3.82. The molecule has 1 saturated carbocycles. The van der Waals surface area contributed by atoms with E-state index >= 15 is 0 Å². The van der Waals surface area contributed by atoms with Crippen LogP contribution < -0.4 is 4.90 Å². The predicted molar refractivity (Wildman–Crippen MR) is 113 cm³/mol. The molecular formula is C23H24N4O3. The van der Waals surface area contributed by atoms with Gasteiger partial charge >= 0.3 is 0 Å². The van der Waals surface area contributed by atoms with Gasteiger partial charge in [0.2, 0.25) is 17.6 Å². The summed E-state index contributed by atoms with van der Waals surface area (Å²) >= 11 is 0. The van der Waals surface area contributed by atoms with E-state index in [0.717, 1.165) is 43.1 Å². The molecule has 30 heavy (non-hydrogen) atoms. The van der Waals surface area contributed by atoms with E-state index in [4.69, 9.17) is 8.94 Å². The minimum absolute atomic E-state index is 0.0146. The average molecular weight is 404 g/mol. The zero-order chi connectivity index (χ0) is 20.3. The van der Waals surface area contributed by atoms with Crippen molar-refractivity contribution in [2.24, 2.45) is 0 Å². The summed E-state index contributed by atoms with van der Waals surface area (Å²) in [4.78, 5) is 21.1. The van der Waals surface area contributed by atoms with E-state index < -0.39 is 0 Å². The summed E-state index contributed by atoms with van der Waals surface area (Å²) in [6.45, 7) is 2.98. The van der Waals surface area contributed by atoms with E-state index in [2.05, 4.69) is 27.2 Å². The Morgan fingerprint density at radius 3 is 2.53 bits per heavy atom. The number of aromatic nitrogens is 2. The Hall–Kier alpha value is -3.35. The summed E-state index contributed by atoms with van der Waals surface area (Å²) in [6.07, 6.45) is 8.42. The number of anilines is 1. The number of carbonyl (C=O) groups is 1. The Balaban J connectivity index is 1.17. The largest absolute Gasteiger partial charge is 0.465 e. The van der Waals surface area contributed by atoms with Crippen LogP contribution in [0.15, 0.2) is 57.7 Å². The zero-order valence-corrected chi connectivity index (χ0v) is 16.7. The second kappa shape index (κ2) is 8.18. The molecule has 1 aliphatic heterocycles. The topological polar surface area (TPSA) is 75.6 Å². The number of hydrogen-bond donors (Lipinski definition) is 0. The van der Waals surface area contributed by atoms with Gasteiger partial charge in [-0.25, -0.2) is 0 Å². The fraction of sp³-hybridized carbons (Fsp3) is 0.348. The lowest BCUT2D eigenvalue weighted by molar-refractivity contribution is -0.126. The van der Waals surface area contributed by atoms with Crippen LogP contribution >= 0.6 is 0 Å². The highest BCUT2D eigenvalue weighted by Gasteiger charge is 2.25. The molecule has 2 aliphatic rings. The van der Waals surface area contributed by atoms with Gasteiger partial charge in [0.15, 0.2) is 0 Å². The van der Waals surface area contributed by atoms with Crippen molar-refractivity contribution < 1.29 is 13.7 Å². The van der Waals surface area contributed by atoms with E-state index in [1.807, 2.05) is 23.1 Å². The maximum atomic E-state index is 12.4. The molecule has 3 heterocycles. The quantitative estimate of drug-likeness (QED) is 0.599. The Morgan fingerprint density at radius 1 is 1.07 bits per heavy atom. The molecular weight excluding hydrogens is 380 g/mol. The fourth-order valence-corrected chi connectivity index (χ4v) is 3.82. The molecule has 1 amide bonds. The lowest BCUT2D eigenvalue weighted by Gasteiger charge is -2.35. The highest BCUT2D eigenvalue weighted by Crippen LogP contribution is 2.36. The molecule has 3 aromatic rings. The first-order valence-electron chi connectivity index (χ1n) is 10.5. The van der Waals surface area contributed by atoms with Gasteiger partial charge < -0.3 is 18.7 Å². The van der Waals surface area contributed by atoms with Crippen molar-refractivity contribution in [3.63, 3.8) is 0 Å². The van der Waals surface area contributed by atoms with Crippen molar-refractivity contribution >= 4 is 17.7 Å². The maximum Gasteiger partial charge on any atom is 0.246 e. The first-order valence-corrected chi connectivity index (χ1v) is 10.5. The number of furan rings is 1. The molecule has 2 fully saturated rings. The number of rotatable bonds is 5. The Labute approximate surface area is 175 Å². The molecule has 7 nitrogen and oxygen atoms in total. The molecule has 1 aliphatic carbocycles. The van der Waals surface area contributed by atoms with Crippen LogP contribution in [0.25, 0.3) is 17.5 Å². The van der Waals surface area contributed by atoms with E-state index in [0.29, 0.717) is 30.6 Å². The lowest BCUT2D eigenvalue weighted by Crippen LogP contribution is -2.48. The summed E-state index contributed by atoms with van der Waals surface area (Å²) in [7, 11) is 0. The molecule has 0 spiro atoms. The minimum Gasteiger partial charge on any atom is -0.465 e. The third-order valence-corrected chi connectivity index (χ3v) is 5.91. The molecule has 2 aromatic heterocycles. The highest BCUT2D eigenvalue weighted by atomic mass is 16.5. The number of carbonyl (C=O) groups excluding carboxylic acids is 1. The standard InChI is InChI=1S/C23H24N4O3/c28-21(11-10-20-5-2-16-29-20)27-14-12-26(13-15-27)19-8-6-17(7-9-19)22-24-23(30-25-22)18-3-1-4-18/h2,5-11,16,18H,1,3-4,12-15H2. The van der Waals surface area contributed by atoms with Crippen molar-refractivity contribution in [2.45, 2.75) is 25.2 Å². The van der Waals surface area contributed by atoms with E-state index in [1.165, 1.54) is 6.42 Å².